The van der Waals surface area contributed by atoms with Crippen LogP contribution in [0.5, 0.6) is 5.75 Å². The lowest BCUT2D eigenvalue weighted by atomic mass is 10.1. The SMILES string of the molecule is CS(=O)(=O)Nc1cc(C(=O)CN2CCN(C(=O)c3cccn4ccnc34)CC2)ccc1O. The van der Waals surface area contributed by atoms with Crippen molar-refractivity contribution in [1.82, 2.24) is 19.2 Å². The average Bonchev–Trinajstić information content (AvgIpc) is 3.23. The van der Waals surface area contributed by atoms with Crippen LogP contribution in [0.2, 0.25) is 0 Å². The van der Waals surface area contributed by atoms with Gasteiger partial charge in [0.2, 0.25) is 10.0 Å². The van der Waals surface area contributed by atoms with Gasteiger partial charge in [0.1, 0.15) is 11.4 Å². The number of hydrogen-bond donors (Lipinski definition) is 2. The van der Waals surface area contributed by atoms with Crippen molar-refractivity contribution in [3.63, 3.8) is 0 Å². The van der Waals surface area contributed by atoms with E-state index in [9.17, 15) is 23.1 Å². The standard InChI is InChI=1S/C21H23N5O5S/c1-32(30,31)23-17-13-15(4-5-18(17)27)19(28)14-24-9-11-26(12-10-24)21(29)16-3-2-7-25-8-6-22-20(16)25/h2-8,13,23,27H,9-12,14H2,1H3. The fraction of sp³-hybridized carbons (Fsp3) is 0.286. The molecule has 1 saturated heterocycles. The monoisotopic (exact) mass is 457 g/mol. The Bertz CT molecular complexity index is 1280. The Labute approximate surface area is 185 Å². The van der Waals surface area contributed by atoms with Gasteiger partial charge in [0.05, 0.1) is 24.1 Å². The number of ketones is 1. The maximum atomic E-state index is 13.0. The van der Waals surface area contributed by atoms with Crippen LogP contribution in [0.4, 0.5) is 5.69 Å². The lowest BCUT2D eigenvalue weighted by Crippen LogP contribution is -2.50. The van der Waals surface area contributed by atoms with Gasteiger partial charge >= 0.3 is 0 Å². The molecule has 1 amide bonds. The number of piperazine rings is 1. The Kier molecular flexibility index (Phi) is 5.85. The van der Waals surface area contributed by atoms with Crippen LogP contribution in [-0.4, -0.2) is 83.4 Å². The molecule has 4 rings (SSSR count). The zero-order chi connectivity index (χ0) is 22.9. The van der Waals surface area contributed by atoms with Gasteiger partial charge in [-0.15, -0.1) is 0 Å². The average molecular weight is 458 g/mol. The third-order valence-electron chi connectivity index (χ3n) is 5.29. The van der Waals surface area contributed by atoms with E-state index in [0.717, 1.165) is 6.26 Å². The van der Waals surface area contributed by atoms with Gasteiger partial charge in [-0.05, 0) is 30.3 Å². The van der Waals surface area contributed by atoms with Crippen LogP contribution in [0.1, 0.15) is 20.7 Å². The van der Waals surface area contributed by atoms with Gasteiger partial charge in [-0.3, -0.25) is 19.2 Å². The first-order chi connectivity index (χ1) is 15.2. The summed E-state index contributed by atoms with van der Waals surface area (Å²) in [7, 11) is -3.59. The molecule has 10 nitrogen and oxygen atoms in total. The van der Waals surface area contributed by atoms with Crippen molar-refractivity contribution >= 4 is 33.0 Å². The van der Waals surface area contributed by atoms with Crippen LogP contribution in [0.15, 0.2) is 48.9 Å². The van der Waals surface area contributed by atoms with E-state index in [1.807, 2.05) is 11.1 Å². The zero-order valence-electron chi connectivity index (χ0n) is 17.4. The summed E-state index contributed by atoms with van der Waals surface area (Å²) in [5.41, 5.74) is 1.40. The summed E-state index contributed by atoms with van der Waals surface area (Å²) in [6.07, 6.45) is 6.24. The molecule has 3 aromatic rings. The van der Waals surface area contributed by atoms with Gasteiger partial charge in [0, 0.05) is 50.3 Å². The van der Waals surface area contributed by atoms with Gasteiger partial charge in [-0.2, -0.15) is 0 Å². The smallest absolute Gasteiger partial charge is 0.257 e. The number of carbonyl (C=O) groups excluding carboxylic acids is 2. The van der Waals surface area contributed by atoms with Crippen molar-refractivity contribution in [1.29, 1.82) is 0 Å². The van der Waals surface area contributed by atoms with Crippen molar-refractivity contribution in [3.8, 4) is 5.75 Å². The number of phenolic OH excluding ortho intramolecular Hbond substituents is 1. The number of hydrogen-bond acceptors (Lipinski definition) is 7. The number of benzene rings is 1. The first-order valence-electron chi connectivity index (χ1n) is 9.98. The number of aromatic hydroxyl groups is 1. The molecule has 0 atom stereocenters. The molecule has 2 aromatic heterocycles. The molecule has 32 heavy (non-hydrogen) atoms. The molecule has 0 bridgehead atoms. The Hall–Kier alpha value is -3.44. The summed E-state index contributed by atoms with van der Waals surface area (Å²) in [6.45, 7) is 2.14. The van der Waals surface area contributed by atoms with E-state index in [4.69, 9.17) is 0 Å². The summed E-state index contributed by atoms with van der Waals surface area (Å²) >= 11 is 0. The fourth-order valence-corrected chi connectivity index (χ4v) is 4.24. The minimum absolute atomic E-state index is 0.0399. The molecule has 0 spiro atoms. The van der Waals surface area contributed by atoms with Crippen molar-refractivity contribution in [2.75, 3.05) is 43.7 Å². The number of rotatable bonds is 6. The summed E-state index contributed by atoms with van der Waals surface area (Å²) in [5, 5.41) is 9.84. The summed E-state index contributed by atoms with van der Waals surface area (Å²) in [5.74, 6) is -0.558. The maximum absolute atomic E-state index is 13.0. The third kappa shape index (κ3) is 4.73. The predicted molar refractivity (Wildman–Crippen MR) is 118 cm³/mol. The molecule has 11 heteroatoms. The Morgan fingerprint density at radius 1 is 1.12 bits per heavy atom. The van der Waals surface area contributed by atoms with Gasteiger partial charge in [-0.25, -0.2) is 13.4 Å². The first kappa shape index (κ1) is 21.8. The van der Waals surface area contributed by atoms with Crippen molar-refractivity contribution < 1.29 is 23.1 Å². The molecule has 0 saturated carbocycles. The van der Waals surface area contributed by atoms with Gasteiger partial charge in [-0.1, -0.05) is 0 Å². The number of sulfonamides is 1. The Balaban J connectivity index is 1.38. The number of carbonyl (C=O) groups is 2. The molecular weight excluding hydrogens is 434 g/mol. The number of fused-ring (bicyclic) bond motifs is 1. The topological polar surface area (TPSA) is 124 Å². The molecule has 0 aliphatic carbocycles. The number of phenols is 1. The number of Topliss-reactive ketones (excluding diaryl/α,β-unsaturated/α-hetero) is 1. The zero-order valence-corrected chi connectivity index (χ0v) is 18.2. The van der Waals surface area contributed by atoms with Crippen LogP contribution in [0, 0.1) is 0 Å². The Morgan fingerprint density at radius 3 is 2.59 bits per heavy atom. The number of amides is 1. The van der Waals surface area contributed by atoms with Crippen LogP contribution >= 0.6 is 0 Å². The van der Waals surface area contributed by atoms with Crippen LogP contribution in [0.3, 0.4) is 0 Å². The molecule has 3 heterocycles. The van der Waals surface area contributed by atoms with E-state index in [1.54, 1.807) is 33.8 Å². The third-order valence-corrected chi connectivity index (χ3v) is 5.88. The molecule has 1 aromatic carbocycles. The lowest BCUT2D eigenvalue weighted by molar-refractivity contribution is 0.0625. The van der Waals surface area contributed by atoms with E-state index in [0.29, 0.717) is 43.0 Å². The van der Waals surface area contributed by atoms with Crippen LogP contribution in [-0.2, 0) is 10.0 Å². The van der Waals surface area contributed by atoms with E-state index < -0.39 is 10.0 Å². The molecule has 1 fully saturated rings. The molecule has 1 aliphatic heterocycles. The Morgan fingerprint density at radius 2 is 1.88 bits per heavy atom. The number of nitrogens with one attached hydrogen (secondary N) is 1. The largest absolute Gasteiger partial charge is 0.506 e. The number of imidazole rings is 1. The van der Waals surface area contributed by atoms with E-state index in [1.165, 1.54) is 18.2 Å². The van der Waals surface area contributed by atoms with E-state index >= 15 is 0 Å². The highest BCUT2D eigenvalue weighted by Gasteiger charge is 2.25. The van der Waals surface area contributed by atoms with E-state index in [2.05, 4.69) is 9.71 Å². The summed E-state index contributed by atoms with van der Waals surface area (Å²) in [6, 6.07) is 7.63. The molecule has 0 unspecified atom stereocenters. The normalized spacial score (nSPS) is 15.1. The van der Waals surface area contributed by atoms with Gasteiger partial charge in [0.25, 0.3) is 5.91 Å². The minimum atomic E-state index is -3.59. The summed E-state index contributed by atoms with van der Waals surface area (Å²) in [4.78, 5) is 33.6. The van der Waals surface area contributed by atoms with Gasteiger partial charge in [0.15, 0.2) is 5.78 Å². The minimum Gasteiger partial charge on any atom is -0.506 e. The van der Waals surface area contributed by atoms with E-state index in [-0.39, 0.29) is 29.7 Å². The van der Waals surface area contributed by atoms with Crippen molar-refractivity contribution in [2.24, 2.45) is 0 Å². The highest BCUT2D eigenvalue weighted by atomic mass is 32.2. The fourth-order valence-electron chi connectivity index (χ4n) is 3.68. The second-order valence-electron chi connectivity index (χ2n) is 7.68. The molecule has 0 radical (unpaired) electrons. The first-order valence-corrected chi connectivity index (χ1v) is 11.9. The highest BCUT2D eigenvalue weighted by Crippen LogP contribution is 2.25. The second kappa shape index (κ2) is 8.60. The number of pyridine rings is 1. The van der Waals surface area contributed by atoms with Crippen LogP contribution < -0.4 is 4.72 Å². The van der Waals surface area contributed by atoms with Crippen molar-refractivity contribution in [2.45, 2.75) is 0 Å². The van der Waals surface area contributed by atoms with Crippen molar-refractivity contribution in [3.05, 3.63) is 60.0 Å². The number of aromatic nitrogens is 2. The lowest BCUT2D eigenvalue weighted by Gasteiger charge is -2.34. The number of anilines is 1. The molecular formula is C21H23N5O5S. The molecule has 1 aliphatic rings. The molecule has 2 N–H and O–H groups in total. The summed E-state index contributed by atoms with van der Waals surface area (Å²) < 4.78 is 26.9. The number of nitrogens with zero attached hydrogens (tertiary/aromatic N) is 4. The molecule has 168 valence electrons. The maximum Gasteiger partial charge on any atom is 0.257 e. The highest BCUT2D eigenvalue weighted by molar-refractivity contribution is 7.92. The van der Waals surface area contributed by atoms with Gasteiger partial charge < -0.3 is 14.4 Å². The predicted octanol–water partition coefficient (Wildman–Crippen LogP) is 1.05. The second-order valence-corrected chi connectivity index (χ2v) is 9.43. The van der Waals surface area contributed by atoms with Crippen LogP contribution in [0.25, 0.3) is 5.65 Å². The quantitative estimate of drug-likeness (QED) is 0.419.